The molecule has 0 aliphatic rings. The Balaban J connectivity index is 1.74. The molecule has 0 spiro atoms. The smallest absolute Gasteiger partial charge is 0.339 e. The summed E-state index contributed by atoms with van der Waals surface area (Å²) >= 11 is 0. The summed E-state index contributed by atoms with van der Waals surface area (Å²) in [6, 6.07) is 21.1. The number of hydrogen-bond acceptors (Lipinski definition) is 5. The number of hydrogen-bond donors (Lipinski definition) is 3. The van der Waals surface area contributed by atoms with Crippen molar-refractivity contribution in [1.29, 1.82) is 0 Å². The molecule has 0 unspecified atom stereocenters. The van der Waals surface area contributed by atoms with Crippen molar-refractivity contribution in [2.24, 2.45) is 0 Å². The molecule has 39 heavy (non-hydrogen) atoms. The van der Waals surface area contributed by atoms with Gasteiger partial charge in [-0.2, -0.15) is 0 Å². The zero-order valence-electron chi connectivity index (χ0n) is 22.5. The summed E-state index contributed by atoms with van der Waals surface area (Å²) in [7, 11) is 1.42. The minimum absolute atomic E-state index is 0.0149. The third-order valence-electron chi connectivity index (χ3n) is 6.07. The average molecular weight is 526 g/mol. The fraction of sp³-hybridized carbons (Fsp3) is 0.194. The van der Waals surface area contributed by atoms with E-state index in [1.807, 2.05) is 55.5 Å². The maximum atomic E-state index is 13.0. The maximum absolute atomic E-state index is 13.0. The van der Waals surface area contributed by atoms with Gasteiger partial charge in [0.15, 0.2) is 0 Å². The van der Waals surface area contributed by atoms with Crippen LogP contribution in [0.2, 0.25) is 0 Å². The molecule has 4 rings (SSSR count). The predicted molar refractivity (Wildman–Crippen MR) is 152 cm³/mol. The molecule has 0 radical (unpaired) electrons. The molecule has 0 fully saturated rings. The first-order chi connectivity index (χ1) is 18.5. The van der Waals surface area contributed by atoms with Crippen molar-refractivity contribution < 1.29 is 24.2 Å². The number of rotatable bonds is 7. The van der Waals surface area contributed by atoms with E-state index < -0.39 is 12.0 Å². The number of methoxy groups -OCH3 is 1. The molecule has 1 aromatic heterocycles. The number of aromatic carboxylic acids is 1. The van der Waals surface area contributed by atoms with E-state index >= 15 is 0 Å². The van der Waals surface area contributed by atoms with Crippen molar-refractivity contribution in [2.45, 2.75) is 33.1 Å². The van der Waals surface area contributed by atoms with Crippen molar-refractivity contribution in [1.82, 2.24) is 4.98 Å². The van der Waals surface area contributed by atoms with Crippen molar-refractivity contribution in [3.63, 3.8) is 0 Å². The lowest BCUT2D eigenvalue weighted by Crippen LogP contribution is -2.20. The highest BCUT2D eigenvalue weighted by Crippen LogP contribution is 2.37. The van der Waals surface area contributed by atoms with Crippen molar-refractivity contribution in [2.75, 3.05) is 17.7 Å². The Morgan fingerprint density at radius 2 is 1.59 bits per heavy atom. The van der Waals surface area contributed by atoms with Crippen LogP contribution in [0.4, 0.5) is 16.2 Å². The van der Waals surface area contributed by atoms with Crippen LogP contribution in [0.25, 0.3) is 11.1 Å². The van der Waals surface area contributed by atoms with Gasteiger partial charge in [0.1, 0.15) is 22.7 Å². The lowest BCUT2D eigenvalue weighted by atomic mass is 9.86. The molecule has 4 aromatic rings. The number of pyridine rings is 1. The number of nitrogens with one attached hydrogen (secondary N) is 2. The summed E-state index contributed by atoms with van der Waals surface area (Å²) in [6.07, 6.45) is 1.57. The van der Waals surface area contributed by atoms with E-state index in [1.54, 1.807) is 24.4 Å². The molecule has 3 aromatic carbocycles. The zero-order valence-corrected chi connectivity index (χ0v) is 22.5. The SMILES string of the molecule is COc1ccc(-c2cnc(Oc3ccccc3C(C)(C)C)c(NC(=O)Nc3ccc(C)cc3)c2)cc1C(=O)O. The summed E-state index contributed by atoms with van der Waals surface area (Å²) in [4.78, 5) is 29.3. The number of aromatic nitrogens is 1. The van der Waals surface area contributed by atoms with Gasteiger partial charge in [-0.3, -0.25) is 0 Å². The molecule has 0 saturated carbocycles. The number of anilines is 2. The summed E-state index contributed by atoms with van der Waals surface area (Å²) in [6.45, 7) is 8.23. The molecular formula is C31H31N3O5. The van der Waals surface area contributed by atoms with Crippen LogP contribution in [0.1, 0.15) is 42.3 Å². The number of carboxylic acids is 1. The second-order valence-electron chi connectivity index (χ2n) is 10.1. The third-order valence-corrected chi connectivity index (χ3v) is 6.07. The number of carbonyl (C=O) groups is 2. The van der Waals surface area contributed by atoms with Gasteiger partial charge < -0.3 is 25.2 Å². The quantitative estimate of drug-likeness (QED) is 0.230. The minimum atomic E-state index is -1.11. The summed E-state index contributed by atoms with van der Waals surface area (Å²) in [5.74, 6) is -0.0590. The van der Waals surface area contributed by atoms with Crippen LogP contribution in [0.5, 0.6) is 17.4 Å². The first-order valence-electron chi connectivity index (χ1n) is 12.4. The van der Waals surface area contributed by atoms with E-state index in [9.17, 15) is 14.7 Å². The Morgan fingerprint density at radius 1 is 0.872 bits per heavy atom. The normalized spacial score (nSPS) is 11.0. The van der Waals surface area contributed by atoms with E-state index in [0.717, 1.165) is 11.1 Å². The van der Waals surface area contributed by atoms with Crippen LogP contribution in [0.3, 0.4) is 0 Å². The molecular weight excluding hydrogens is 494 g/mol. The molecule has 200 valence electrons. The molecule has 8 nitrogen and oxygen atoms in total. The van der Waals surface area contributed by atoms with Crippen LogP contribution in [0, 0.1) is 6.92 Å². The van der Waals surface area contributed by atoms with Crippen molar-refractivity contribution in [3.8, 4) is 28.5 Å². The van der Waals surface area contributed by atoms with E-state index in [2.05, 4.69) is 36.4 Å². The summed E-state index contributed by atoms with van der Waals surface area (Å²) in [5.41, 5.74) is 3.99. The topological polar surface area (TPSA) is 110 Å². The highest BCUT2D eigenvalue weighted by Gasteiger charge is 2.21. The van der Waals surface area contributed by atoms with Crippen LogP contribution in [-0.4, -0.2) is 29.2 Å². The number of nitrogens with zero attached hydrogens (tertiary/aromatic N) is 1. The number of amides is 2. The number of ether oxygens (including phenoxy) is 2. The third kappa shape index (κ3) is 6.54. The van der Waals surface area contributed by atoms with E-state index in [4.69, 9.17) is 9.47 Å². The Morgan fingerprint density at radius 3 is 2.26 bits per heavy atom. The van der Waals surface area contributed by atoms with Gasteiger partial charge in [-0.25, -0.2) is 14.6 Å². The Bertz CT molecular complexity index is 1510. The van der Waals surface area contributed by atoms with Crippen LogP contribution >= 0.6 is 0 Å². The molecule has 0 aliphatic carbocycles. The van der Waals surface area contributed by atoms with Gasteiger partial charge in [-0.05, 0) is 54.3 Å². The van der Waals surface area contributed by atoms with Crippen LogP contribution < -0.4 is 20.1 Å². The van der Waals surface area contributed by atoms with Crippen molar-refractivity contribution >= 4 is 23.4 Å². The van der Waals surface area contributed by atoms with Crippen molar-refractivity contribution in [3.05, 3.63) is 95.7 Å². The lowest BCUT2D eigenvalue weighted by Gasteiger charge is -2.23. The molecule has 2 amide bonds. The second-order valence-corrected chi connectivity index (χ2v) is 10.1. The van der Waals surface area contributed by atoms with E-state index in [-0.39, 0.29) is 22.6 Å². The molecule has 0 bridgehead atoms. The first kappa shape index (κ1) is 27.2. The van der Waals surface area contributed by atoms with E-state index in [0.29, 0.717) is 28.3 Å². The number of aryl methyl sites for hydroxylation is 1. The number of para-hydroxylation sites is 1. The number of carbonyl (C=O) groups excluding carboxylic acids is 1. The predicted octanol–water partition coefficient (Wildman–Crippen LogP) is 7.50. The average Bonchev–Trinajstić information content (AvgIpc) is 2.90. The second kappa shape index (κ2) is 11.3. The van der Waals surface area contributed by atoms with Gasteiger partial charge >= 0.3 is 12.0 Å². The van der Waals surface area contributed by atoms with Gasteiger partial charge in [0.25, 0.3) is 0 Å². The Hall–Kier alpha value is -4.85. The van der Waals surface area contributed by atoms with Gasteiger partial charge in [-0.15, -0.1) is 0 Å². The highest BCUT2D eigenvalue weighted by molar-refractivity contribution is 6.01. The first-order valence-corrected chi connectivity index (χ1v) is 12.4. The molecule has 0 aliphatic heterocycles. The maximum Gasteiger partial charge on any atom is 0.339 e. The molecule has 3 N–H and O–H groups in total. The molecule has 8 heteroatoms. The standard InChI is InChI=1S/C31H31N3O5/c1-19-10-13-22(14-11-19)33-30(37)34-25-17-21(20-12-15-26(38-5)23(16-20)29(35)36)18-32-28(25)39-27-9-7-6-8-24(27)31(2,3)4/h6-18H,1-5H3,(H,35,36)(H2,33,34,37). The number of benzene rings is 3. The Kier molecular flexibility index (Phi) is 7.85. The summed E-state index contributed by atoms with van der Waals surface area (Å²) < 4.78 is 11.4. The fourth-order valence-corrected chi connectivity index (χ4v) is 4.04. The van der Waals surface area contributed by atoms with Gasteiger partial charge in [-0.1, -0.05) is 62.7 Å². The molecule has 0 atom stereocenters. The van der Waals surface area contributed by atoms with Crippen LogP contribution in [-0.2, 0) is 5.41 Å². The molecule has 0 saturated heterocycles. The number of carboxylic acid groups (broad SMARTS) is 1. The summed E-state index contributed by atoms with van der Waals surface area (Å²) in [5, 5.41) is 15.3. The highest BCUT2D eigenvalue weighted by atomic mass is 16.5. The lowest BCUT2D eigenvalue weighted by molar-refractivity contribution is 0.0693. The monoisotopic (exact) mass is 525 g/mol. The zero-order chi connectivity index (χ0) is 28.2. The Labute approximate surface area is 227 Å². The van der Waals surface area contributed by atoms with Gasteiger partial charge in [0, 0.05) is 23.0 Å². The minimum Gasteiger partial charge on any atom is -0.496 e. The largest absolute Gasteiger partial charge is 0.496 e. The van der Waals surface area contributed by atoms with Gasteiger partial charge in [0.05, 0.1) is 7.11 Å². The van der Waals surface area contributed by atoms with Crippen LogP contribution in [0.15, 0.2) is 79.0 Å². The molecule has 1 heterocycles. The van der Waals surface area contributed by atoms with E-state index in [1.165, 1.54) is 13.2 Å². The fourth-order valence-electron chi connectivity index (χ4n) is 4.04. The number of urea groups is 1. The van der Waals surface area contributed by atoms with Gasteiger partial charge in [0.2, 0.25) is 5.88 Å².